The summed E-state index contributed by atoms with van der Waals surface area (Å²) in [6.07, 6.45) is 0. The minimum absolute atomic E-state index is 0.0396. The largest absolute Gasteiger partial charge is 0.351 e. The summed E-state index contributed by atoms with van der Waals surface area (Å²) in [5.41, 5.74) is 1.82. The van der Waals surface area contributed by atoms with Gasteiger partial charge >= 0.3 is 0 Å². The van der Waals surface area contributed by atoms with Crippen LogP contribution >= 0.6 is 22.7 Å². The number of hydrogen-bond donors (Lipinski definition) is 1. The van der Waals surface area contributed by atoms with E-state index in [2.05, 4.69) is 10.3 Å². The van der Waals surface area contributed by atoms with Gasteiger partial charge in [0.2, 0.25) is 5.91 Å². The normalized spacial score (nSPS) is 10.6. The van der Waals surface area contributed by atoms with Crippen LogP contribution in [0, 0.1) is 5.82 Å². The van der Waals surface area contributed by atoms with Crippen LogP contribution in [0.3, 0.4) is 0 Å². The zero-order chi connectivity index (χ0) is 15.5. The fourth-order valence-corrected chi connectivity index (χ4v) is 3.74. The van der Waals surface area contributed by atoms with Crippen molar-refractivity contribution in [1.82, 2.24) is 10.3 Å². The van der Waals surface area contributed by atoms with Gasteiger partial charge in [0.25, 0.3) is 0 Å². The molecule has 1 aromatic carbocycles. The molecule has 0 aliphatic rings. The Labute approximate surface area is 135 Å². The number of thiophene rings is 1. The summed E-state index contributed by atoms with van der Waals surface area (Å²) >= 11 is 3.14. The van der Waals surface area contributed by atoms with Crippen LogP contribution in [0.2, 0.25) is 0 Å². The van der Waals surface area contributed by atoms with E-state index in [1.807, 2.05) is 17.5 Å². The molecule has 2 heterocycles. The van der Waals surface area contributed by atoms with E-state index in [0.29, 0.717) is 6.54 Å². The molecule has 0 unspecified atom stereocenters. The maximum atomic E-state index is 13.0. The molecule has 3 nitrogen and oxygen atoms in total. The number of hydrogen-bond acceptors (Lipinski definition) is 4. The first-order chi connectivity index (χ1) is 10.6. The summed E-state index contributed by atoms with van der Waals surface area (Å²) in [6, 6.07) is 10.3. The van der Waals surface area contributed by atoms with Crippen LogP contribution < -0.4 is 5.32 Å². The van der Waals surface area contributed by atoms with Gasteiger partial charge in [-0.1, -0.05) is 0 Å². The number of nitrogens with one attached hydrogen (secondary N) is 1. The summed E-state index contributed by atoms with van der Waals surface area (Å²) < 4.78 is 13.0. The second-order valence-electron chi connectivity index (χ2n) is 4.72. The Kier molecular flexibility index (Phi) is 4.31. The SMILES string of the molecule is CC(=O)NCc1ccc(-c2csc(-c3ccc(F)cc3)n2)s1. The Hall–Kier alpha value is -2.05. The molecule has 0 bridgehead atoms. The van der Waals surface area contributed by atoms with Crippen molar-refractivity contribution in [3.8, 4) is 21.1 Å². The molecule has 0 fully saturated rings. The third-order valence-corrected chi connectivity index (χ3v) is 5.02. The molecule has 0 radical (unpaired) electrons. The standard InChI is InChI=1S/C16H13FN2OS2/c1-10(20)18-8-13-6-7-15(22-13)14-9-21-16(19-14)11-2-4-12(17)5-3-11/h2-7,9H,8H2,1H3,(H,18,20). The molecule has 112 valence electrons. The van der Waals surface area contributed by atoms with Crippen LogP contribution in [0.15, 0.2) is 41.8 Å². The summed E-state index contributed by atoms with van der Waals surface area (Å²) in [5.74, 6) is -0.288. The Morgan fingerprint density at radius 3 is 2.73 bits per heavy atom. The van der Waals surface area contributed by atoms with Crippen LogP contribution in [-0.4, -0.2) is 10.9 Å². The Morgan fingerprint density at radius 1 is 1.23 bits per heavy atom. The number of aromatic nitrogens is 1. The molecule has 3 aromatic rings. The number of nitrogens with zero attached hydrogens (tertiary/aromatic N) is 1. The lowest BCUT2D eigenvalue weighted by Gasteiger charge is -1.97. The molecule has 0 aliphatic heterocycles. The van der Waals surface area contributed by atoms with E-state index in [1.54, 1.807) is 23.5 Å². The van der Waals surface area contributed by atoms with E-state index in [0.717, 1.165) is 26.0 Å². The molecule has 1 amide bonds. The van der Waals surface area contributed by atoms with Crippen LogP contribution in [0.4, 0.5) is 4.39 Å². The van der Waals surface area contributed by atoms with Crippen molar-refractivity contribution in [1.29, 1.82) is 0 Å². The second kappa shape index (κ2) is 6.37. The molecule has 0 saturated heterocycles. The third-order valence-electron chi connectivity index (χ3n) is 3.02. The maximum absolute atomic E-state index is 13.0. The Morgan fingerprint density at radius 2 is 2.00 bits per heavy atom. The van der Waals surface area contributed by atoms with E-state index in [9.17, 15) is 9.18 Å². The molecule has 1 N–H and O–H groups in total. The zero-order valence-electron chi connectivity index (χ0n) is 11.8. The number of thiazole rings is 1. The summed E-state index contributed by atoms with van der Waals surface area (Å²) in [7, 11) is 0. The topological polar surface area (TPSA) is 42.0 Å². The van der Waals surface area contributed by atoms with Gasteiger partial charge in [-0.15, -0.1) is 22.7 Å². The van der Waals surface area contributed by atoms with Crippen LogP contribution in [0.1, 0.15) is 11.8 Å². The van der Waals surface area contributed by atoms with E-state index < -0.39 is 0 Å². The molecule has 6 heteroatoms. The highest BCUT2D eigenvalue weighted by Crippen LogP contribution is 2.32. The summed E-state index contributed by atoms with van der Waals surface area (Å²) in [5, 5.41) is 5.64. The lowest BCUT2D eigenvalue weighted by molar-refractivity contribution is -0.119. The molecule has 2 aromatic heterocycles. The predicted molar refractivity (Wildman–Crippen MR) is 88.3 cm³/mol. The molecule has 0 aliphatic carbocycles. The van der Waals surface area contributed by atoms with Gasteiger partial charge in [-0.3, -0.25) is 4.79 Å². The minimum atomic E-state index is -0.249. The van der Waals surface area contributed by atoms with E-state index in [1.165, 1.54) is 30.4 Å². The number of halogens is 1. The smallest absolute Gasteiger partial charge is 0.217 e. The molecule has 0 saturated carbocycles. The number of benzene rings is 1. The number of amides is 1. The van der Waals surface area contributed by atoms with Gasteiger partial charge in [0.05, 0.1) is 17.1 Å². The van der Waals surface area contributed by atoms with E-state index in [4.69, 9.17) is 0 Å². The fourth-order valence-electron chi connectivity index (χ4n) is 1.93. The average Bonchev–Trinajstić information content (AvgIpc) is 3.15. The van der Waals surface area contributed by atoms with Crippen LogP contribution in [0.5, 0.6) is 0 Å². The molecule has 0 spiro atoms. The quantitative estimate of drug-likeness (QED) is 0.773. The zero-order valence-corrected chi connectivity index (χ0v) is 13.4. The lowest BCUT2D eigenvalue weighted by atomic mass is 10.2. The highest BCUT2D eigenvalue weighted by Gasteiger charge is 2.09. The van der Waals surface area contributed by atoms with Gasteiger partial charge < -0.3 is 5.32 Å². The number of rotatable bonds is 4. The minimum Gasteiger partial charge on any atom is -0.351 e. The van der Waals surface area contributed by atoms with Crippen molar-refractivity contribution in [3.05, 3.63) is 52.5 Å². The number of carbonyl (C=O) groups excluding carboxylic acids is 1. The van der Waals surface area contributed by atoms with Gasteiger partial charge in [-0.25, -0.2) is 9.37 Å². The molecular formula is C16H13FN2OS2. The van der Waals surface area contributed by atoms with Gasteiger partial charge in [-0.05, 0) is 36.4 Å². The van der Waals surface area contributed by atoms with Crippen molar-refractivity contribution >= 4 is 28.6 Å². The first kappa shape index (κ1) is 14.9. The van der Waals surface area contributed by atoms with E-state index in [-0.39, 0.29) is 11.7 Å². The number of carbonyl (C=O) groups is 1. The van der Waals surface area contributed by atoms with Crippen LogP contribution in [-0.2, 0) is 11.3 Å². The van der Waals surface area contributed by atoms with Crippen molar-refractivity contribution in [2.45, 2.75) is 13.5 Å². The fraction of sp³-hybridized carbons (Fsp3) is 0.125. The maximum Gasteiger partial charge on any atom is 0.217 e. The van der Waals surface area contributed by atoms with Gasteiger partial charge in [-0.2, -0.15) is 0 Å². The molecule has 22 heavy (non-hydrogen) atoms. The molecule has 0 atom stereocenters. The summed E-state index contributed by atoms with van der Waals surface area (Å²) in [4.78, 5) is 17.7. The molecular weight excluding hydrogens is 319 g/mol. The summed E-state index contributed by atoms with van der Waals surface area (Å²) in [6.45, 7) is 2.04. The van der Waals surface area contributed by atoms with Gasteiger partial charge in [0.1, 0.15) is 10.8 Å². The Balaban J connectivity index is 1.79. The van der Waals surface area contributed by atoms with Crippen molar-refractivity contribution in [2.24, 2.45) is 0 Å². The van der Waals surface area contributed by atoms with Gasteiger partial charge in [0, 0.05) is 22.7 Å². The monoisotopic (exact) mass is 332 g/mol. The van der Waals surface area contributed by atoms with E-state index >= 15 is 0 Å². The van der Waals surface area contributed by atoms with Gasteiger partial charge in [0.15, 0.2) is 0 Å². The predicted octanol–water partition coefficient (Wildman–Crippen LogP) is 4.31. The first-order valence-electron chi connectivity index (χ1n) is 6.67. The Bertz CT molecular complexity index is 793. The highest BCUT2D eigenvalue weighted by atomic mass is 32.1. The first-order valence-corrected chi connectivity index (χ1v) is 8.36. The van der Waals surface area contributed by atoms with Crippen molar-refractivity contribution < 1.29 is 9.18 Å². The lowest BCUT2D eigenvalue weighted by Crippen LogP contribution is -2.17. The highest BCUT2D eigenvalue weighted by molar-refractivity contribution is 7.16. The van der Waals surface area contributed by atoms with Crippen LogP contribution in [0.25, 0.3) is 21.1 Å². The second-order valence-corrected chi connectivity index (χ2v) is 6.75. The van der Waals surface area contributed by atoms with Crippen molar-refractivity contribution in [3.63, 3.8) is 0 Å². The average molecular weight is 332 g/mol. The van der Waals surface area contributed by atoms with Crippen molar-refractivity contribution in [2.75, 3.05) is 0 Å². The third kappa shape index (κ3) is 3.40. The molecule has 3 rings (SSSR count).